The number of rotatable bonds is 7. The fourth-order valence-corrected chi connectivity index (χ4v) is 5.64. The quantitative estimate of drug-likeness (QED) is 0.574. The number of anilines is 1. The molecule has 4 rings (SSSR count). The van der Waals surface area contributed by atoms with Gasteiger partial charge in [-0.15, -0.1) is 0 Å². The molecule has 3 aromatic rings. The van der Waals surface area contributed by atoms with E-state index in [1.807, 2.05) is 66.7 Å². The van der Waals surface area contributed by atoms with Gasteiger partial charge in [-0.3, -0.25) is 4.79 Å². The second-order valence-corrected chi connectivity index (χ2v) is 10.3. The lowest BCUT2D eigenvalue weighted by atomic mass is 10.0. The van der Waals surface area contributed by atoms with Crippen LogP contribution in [0, 0.1) is 0 Å². The maximum atomic E-state index is 12.7. The Morgan fingerprint density at radius 1 is 0.906 bits per heavy atom. The lowest BCUT2D eigenvalue weighted by Crippen LogP contribution is -2.50. The van der Waals surface area contributed by atoms with Gasteiger partial charge in [-0.2, -0.15) is 4.31 Å². The molecule has 1 heterocycles. The minimum absolute atomic E-state index is 0.0939. The number of sulfonamides is 1. The van der Waals surface area contributed by atoms with Gasteiger partial charge in [0.25, 0.3) is 0 Å². The van der Waals surface area contributed by atoms with Crippen molar-refractivity contribution >= 4 is 44.0 Å². The smallest absolute Gasteiger partial charge is 0.224 e. The van der Waals surface area contributed by atoms with Gasteiger partial charge in [-0.05, 0) is 28.5 Å². The van der Waals surface area contributed by atoms with Crippen molar-refractivity contribution in [1.82, 2.24) is 9.62 Å². The Bertz CT molecular complexity index is 1200. The Morgan fingerprint density at radius 3 is 2.38 bits per heavy atom. The summed E-state index contributed by atoms with van der Waals surface area (Å²) >= 11 is 6.26. The first-order chi connectivity index (χ1) is 15.4. The number of benzene rings is 3. The molecule has 1 N–H and O–H groups in total. The van der Waals surface area contributed by atoms with Crippen LogP contribution in [0.5, 0.6) is 0 Å². The largest absolute Gasteiger partial charge is 0.368 e. The van der Waals surface area contributed by atoms with E-state index >= 15 is 0 Å². The molecule has 0 spiro atoms. The number of nitrogens with one attached hydrogen (secondary N) is 1. The van der Waals surface area contributed by atoms with Crippen molar-refractivity contribution in [1.29, 1.82) is 0 Å². The summed E-state index contributed by atoms with van der Waals surface area (Å²) in [7, 11) is -3.44. The van der Waals surface area contributed by atoms with Crippen molar-refractivity contribution < 1.29 is 13.2 Å². The Labute approximate surface area is 193 Å². The first kappa shape index (κ1) is 22.6. The number of amides is 1. The Kier molecular flexibility index (Phi) is 6.98. The third-order valence-electron chi connectivity index (χ3n) is 5.74. The molecule has 1 aliphatic rings. The summed E-state index contributed by atoms with van der Waals surface area (Å²) in [6, 6.07) is 21.3. The number of halogens is 1. The van der Waals surface area contributed by atoms with Crippen molar-refractivity contribution in [3.05, 3.63) is 77.3 Å². The zero-order chi connectivity index (χ0) is 22.6. The second kappa shape index (κ2) is 9.90. The van der Waals surface area contributed by atoms with Crippen LogP contribution in [0.1, 0.15) is 5.56 Å². The SMILES string of the molecule is O=C(Cc1cccc2ccccc12)NCCS(=O)(=O)N1CCN(c2ccccc2Cl)CC1. The molecule has 1 saturated heterocycles. The molecule has 0 unspecified atom stereocenters. The highest BCUT2D eigenvalue weighted by atomic mass is 35.5. The number of nitrogens with zero attached hydrogens (tertiary/aromatic N) is 2. The molecular formula is C24H26ClN3O3S. The first-order valence-corrected chi connectivity index (χ1v) is 12.6. The molecule has 168 valence electrons. The van der Waals surface area contributed by atoms with E-state index in [9.17, 15) is 13.2 Å². The minimum atomic E-state index is -3.44. The van der Waals surface area contributed by atoms with E-state index in [1.165, 1.54) is 4.31 Å². The molecule has 32 heavy (non-hydrogen) atoms. The normalized spacial score (nSPS) is 15.1. The van der Waals surface area contributed by atoms with Crippen molar-refractivity contribution in [2.45, 2.75) is 6.42 Å². The van der Waals surface area contributed by atoms with Crippen molar-refractivity contribution in [3.63, 3.8) is 0 Å². The summed E-state index contributed by atoms with van der Waals surface area (Å²) in [5.41, 5.74) is 1.85. The number of carbonyl (C=O) groups excluding carboxylic acids is 1. The maximum absolute atomic E-state index is 12.7. The molecule has 1 amide bonds. The van der Waals surface area contributed by atoms with E-state index in [-0.39, 0.29) is 24.6 Å². The number of hydrogen-bond acceptors (Lipinski definition) is 4. The van der Waals surface area contributed by atoms with Crippen LogP contribution in [0.4, 0.5) is 5.69 Å². The van der Waals surface area contributed by atoms with E-state index < -0.39 is 10.0 Å². The monoisotopic (exact) mass is 471 g/mol. The van der Waals surface area contributed by atoms with E-state index in [1.54, 1.807) is 0 Å². The third kappa shape index (κ3) is 5.23. The molecule has 0 aromatic heterocycles. The Morgan fingerprint density at radius 2 is 1.59 bits per heavy atom. The number of fused-ring (bicyclic) bond motifs is 1. The van der Waals surface area contributed by atoms with E-state index in [0.717, 1.165) is 22.0 Å². The van der Waals surface area contributed by atoms with Crippen LogP contribution >= 0.6 is 11.6 Å². The van der Waals surface area contributed by atoms with Crippen LogP contribution < -0.4 is 10.2 Å². The van der Waals surface area contributed by atoms with E-state index in [2.05, 4.69) is 10.2 Å². The van der Waals surface area contributed by atoms with Gasteiger partial charge in [-0.1, -0.05) is 66.2 Å². The molecule has 0 radical (unpaired) electrons. The molecule has 0 aliphatic carbocycles. The summed E-state index contributed by atoms with van der Waals surface area (Å²) in [4.78, 5) is 14.5. The predicted octanol–water partition coefficient (Wildman–Crippen LogP) is 3.30. The van der Waals surface area contributed by atoms with Crippen molar-refractivity contribution in [3.8, 4) is 0 Å². The number of carbonyl (C=O) groups is 1. The van der Waals surface area contributed by atoms with Gasteiger partial charge in [0.05, 0.1) is 22.9 Å². The Balaban J connectivity index is 1.27. The summed E-state index contributed by atoms with van der Waals surface area (Å²) in [6.07, 6.45) is 0.220. The van der Waals surface area contributed by atoms with Gasteiger partial charge in [0.15, 0.2) is 0 Å². The highest BCUT2D eigenvalue weighted by molar-refractivity contribution is 7.89. The Hall–Kier alpha value is -2.61. The van der Waals surface area contributed by atoms with Gasteiger partial charge in [-0.25, -0.2) is 8.42 Å². The van der Waals surface area contributed by atoms with Gasteiger partial charge in [0.1, 0.15) is 0 Å². The lowest BCUT2D eigenvalue weighted by molar-refractivity contribution is -0.120. The highest BCUT2D eigenvalue weighted by Gasteiger charge is 2.27. The minimum Gasteiger partial charge on any atom is -0.368 e. The molecule has 6 nitrogen and oxygen atoms in total. The number of piperazine rings is 1. The molecule has 3 aromatic carbocycles. The van der Waals surface area contributed by atoms with Gasteiger partial charge in [0, 0.05) is 32.7 Å². The standard InChI is InChI=1S/C24H26ClN3O3S/c25-22-10-3-4-11-23(22)27-13-15-28(16-14-27)32(30,31)17-12-26-24(29)18-20-8-5-7-19-6-1-2-9-21(19)20/h1-11H,12-18H2,(H,26,29). The molecule has 1 aliphatic heterocycles. The number of para-hydroxylation sites is 1. The predicted molar refractivity (Wildman–Crippen MR) is 130 cm³/mol. The molecule has 0 bridgehead atoms. The summed E-state index contributed by atoms with van der Waals surface area (Å²) < 4.78 is 27.0. The second-order valence-electron chi connectivity index (χ2n) is 7.82. The van der Waals surface area contributed by atoms with E-state index in [4.69, 9.17) is 11.6 Å². The van der Waals surface area contributed by atoms with Crippen LogP contribution in [0.2, 0.25) is 5.02 Å². The topological polar surface area (TPSA) is 69.7 Å². The molecule has 8 heteroatoms. The van der Waals surface area contributed by atoms with Gasteiger partial charge >= 0.3 is 0 Å². The molecule has 0 atom stereocenters. The van der Waals surface area contributed by atoms with Crippen LogP contribution in [-0.2, 0) is 21.2 Å². The van der Waals surface area contributed by atoms with Crippen LogP contribution in [-0.4, -0.2) is 57.1 Å². The lowest BCUT2D eigenvalue weighted by Gasteiger charge is -2.35. The number of hydrogen-bond donors (Lipinski definition) is 1. The average Bonchev–Trinajstić information content (AvgIpc) is 2.80. The molecular weight excluding hydrogens is 446 g/mol. The van der Waals surface area contributed by atoms with Gasteiger partial charge < -0.3 is 10.2 Å². The fourth-order valence-electron chi connectivity index (χ4n) is 4.05. The highest BCUT2D eigenvalue weighted by Crippen LogP contribution is 2.26. The third-order valence-corrected chi connectivity index (χ3v) is 7.93. The van der Waals surface area contributed by atoms with Gasteiger partial charge in [0.2, 0.25) is 15.9 Å². The summed E-state index contributed by atoms with van der Waals surface area (Å²) in [5, 5.41) is 5.54. The van der Waals surface area contributed by atoms with Crippen LogP contribution in [0.3, 0.4) is 0 Å². The van der Waals surface area contributed by atoms with Crippen molar-refractivity contribution in [2.24, 2.45) is 0 Å². The van der Waals surface area contributed by atoms with Crippen molar-refractivity contribution in [2.75, 3.05) is 43.4 Å². The van der Waals surface area contributed by atoms with E-state index in [0.29, 0.717) is 31.2 Å². The molecule has 1 fully saturated rings. The fraction of sp³-hybridized carbons (Fsp3) is 0.292. The molecule has 0 saturated carbocycles. The summed E-state index contributed by atoms with van der Waals surface area (Å²) in [6.45, 7) is 2.05. The maximum Gasteiger partial charge on any atom is 0.224 e. The zero-order valence-corrected chi connectivity index (χ0v) is 19.3. The zero-order valence-electron chi connectivity index (χ0n) is 17.7. The first-order valence-electron chi connectivity index (χ1n) is 10.6. The van der Waals surface area contributed by atoms with Crippen LogP contribution in [0.15, 0.2) is 66.7 Å². The summed E-state index contributed by atoms with van der Waals surface area (Å²) in [5.74, 6) is -0.291. The van der Waals surface area contributed by atoms with Crippen LogP contribution in [0.25, 0.3) is 10.8 Å². The average molecular weight is 472 g/mol.